The molecule has 0 saturated carbocycles. The van der Waals surface area contributed by atoms with E-state index in [9.17, 15) is 5.11 Å². The maximum absolute atomic E-state index is 9.37. The van der Waals surface area contributed by atoms with Gasteiger partial charge < -0.3 is 10.0 Å². The first-order valence-corrected chi connectivity index (χ1v) is 3.61. The molecule has 1 aliphatic heterocycles. The van der Waals surface area contributed by atoms with Gasteiger partial charge in [0.2, 0.25) is 0 Å². The molecule has 11 heavy (non-hydrogen) atoms. The zero-order valence-corrected chi connectivity index (χ0v) is 6.31. The standard InChI is InChI=1S/C8H10N2O/c1-10-5-9-8-6(10)3-2-4-7(8)11/h2-6,8,11H,1H3. The van der Waals surface area contributed by atoms with E-state index in [1.807, 2.05) is 24.1 Å². The maximum Gasteiger partial charge on any atom is 0.132 e. The lowest BCUT2D eigenvalue weighted by Gasteiger charge is -2.22. The van der Waals surface area contributed by atoms with Crippen molar-refractivity contribution in [2.24, 2.45) is 4.99 Å². The fraction of sp³-hybridized carbons (Fsp3) is 0.375. The van der Waals surface area contributed by atoms with Crippen LogP contribution in [0.5, 0.6) is 0 Å². The second-order valence-electron chi connectivity index (χ2n) is 2.84. The Bertz CT molecular complexity index is 255. The average Bonchev–Trinajstić information content (AvgIpc) is 2.35. The Balaban J connectivity index is 2.30. The van der Waals surface area contributed by atoms with Crippen LogP contribution >= 0.6 is 0 Å². The van der Waals surface area contributed by atoms with Crippen LogP contribution in [-0.4, -0.2) is 35.5 Å². The fourth-order valence-corrected chi connectivity index (χ4v) is 1.42. The van der Waals surface area contributed by atoms with Crippen molar-refractivity contribution >= 4 is 6.34 Å². The Morgan fingerprint density at radius 1 is 1.64 bits per heavy atom. The highest BCUT2D eigenvalue weighted by Gasteiger charge is 2.30. The van der Waals surface area contributed by atoms with Crippen molar-refractivity contribution in [1.29, 1.82) is 0 Å². The summed E-state index contributed by atoms with van der Waals surface area (Å²) in [5.74, 6) is 0.359. The molecule has 0 amide bonds. The highest BCUT2D eigenvalue weighted by molar-refractivity contribution is 5.61. The number of aliphatic hydroxyl groups is 1. The van der Waals surface area contributed by atoms with Crippen LogP contribution in [0.25, 0.3) is 0 Å². The summed E-state index contributed by atoms with van der Waals surface area (Å²) in [6.45, 7) is 0. The molecule has 1 aliphatic carbocycles. The second-order valence-corrected chi connectivity index (χ2v) is 2.84. The summed E-state index contributed by atoms with van der Waals surface area (Å²) < 4.78 is 0. The van der Waals surface area contributed by atoms with Crippen molar-refractivity contribution in [1.82, 2.24) is 4.90 Å². The van der Waals surface area contributed by atoms with E-state index in [1.54, 1.807) is 12.4 Å². The van der Waals surface area contributed by atoms with E-state index in [4.69, 9.17) is 0 Å². The first-order chi connectivity index (χ1) is 5.29. The van der Waals surface area contributed by atoms with E-state index >= 15 is 0 Å². The minimum Gasteiger partial charge on any atom is -0.510 e. The van der Waals surface area contributed by atoms with Gasteiger partial charge in [-0.25, -0.2) is 0 Å². The maximum atomic E-state index is 9.37. The summed E-state index contributed by atoms with van der Waals surface area (Å²) in [6, 6.07) is 0.157. The van der Waals surface area contributed by atoms with Crippen LogP contribution < -0.4 is 0 Å². The Kier molecular flexibility index (Phi) is 1.24. The third-order valence-corrected chi connectivity index (χ3v) is 2.08. The summed E-state index contributed by atoms with van der Waals surface area (Å²) >= 11 is 0. The highest BCUT2D eigenvalue weighted by atomic mass is 16.3. The SMILES string of the molecule is CN1C=NC2C(O)=CC=CC21. The molecule has 0 radical (unpaired) electrons. The van der Waals surface area contributed by atoms with Crippen LogP contribution in [0.3, 0.4) is 0 Å². The van der Waals surface area contributed by atoms with Crippen molar-refractivity contribution in [3.8, 4) is 0 Å². The summed E-state index contributed by atoms with van der Waals surface area (Å²) in [6.07, 6.45) is 7.35. The highest BCUT2D eigenvalue weighted by Crippen LogP contribution is 2.22. The summed E-state index contributed by atoms with van der Waals surface area (Å²) in [5.41, 5.74) is 0. The van der Waals surface area contributed by atoms with Gasteiger partial charge in [-0.15, -0.1) is 0 Å². The molecule has 0 aromatic rings. The van der Waals surface area contributed by atoms with Crippen molar-refractivity contribution < 1.29 is 5.11 Å². The summed E-state index contributed by atoms with van der Waals surface area (Å²) in [5, 5.41) is 9.37. The van der Waals surface area contributed by atoms with E-state index in [0.29, 0.717) is 5.76 Å². The van der Waals surface area contributed by atoms with Crippen LogP contribution in [0, 0.1) is 0 Å². The molecule has 3 heteroatoms. The molecule has 0 spiro atoms. The minimum atomic E-state index is -0.0648. The van der Waals surface area contributed by atoms with Crippen LogP contribution in [0.2, 0.25) is 0 Å². The topological polar surface area (TPSA) is 35.8 Å². The lowest BCUT2D eigenvalue weighted by molar-refractivity contribution is 0.323. The van der Waals surface area contributed by atoms with Gasteiger partial charge >= 0.3 is 0 Å². The molecule has 0 saturated heterocycles. The van der Waals surface area contributed by atoms with Crippen LogP contribution in [0.4, 0.5) is 0 Å². The van der Waals surface area contributed by atoms with E-state index in [1.165, 1.54) is 0 Å². The number of nitrogens with zero attached hydrogens (tertiary/aromatic N) is 2. The predicted molar refractivity (Wildman–Crippen MR) is 43.7 cm³/mol. The van der Waals surface area contributed by atoms with Gasteiger partial charge in [-0.2, -0.15) is 0 Å². The number of aliphatic hydroxyl groups excluding tert-OH is 1. The van der Waals surface area contributed by atoms with Crippen LogP contribution in [0.15, 0.2) is 29.0 Å². The molecule has 1 heterocycles. The molecule has 2 rings (SSSR count). The van der Waals surface area contributed by atoms with E-state index < -0.39 is 0 Å². The Hall–Kier alpha value is -1.25. The second kappa shape index (κ2) is 2.12. The molecule has 3 nitrogen and oxygen atoms in total. The van der Waals surface area contributed by atoms with Crippen molar-refractivity contribution in [3.05, 3.63) is 24.0 Å². The van der Waals surface area contributed by atoms with Crippen molar-refractivity contribution in [3.63, 3.8) is 0 Å². The number of aliphatic imine (C=N–C) groups is 1. The number of hydrogen-bond acceptors (Lipinski definition) is 3. The number of likely N-dealkylation sites (N-methyl/N-ethyl adjacent to an activating group) is 1. The quantitative estimate of drug-likeness (QED) is 0.552. The lowest BCUT2D eigenvalue weighted by atomic mass is 10.0. The average molecular weight is 150 g/mol. The first kappa shape index (κ1) is 6.46. The van der Waals surface area contributed by atoms with Gasteiger partial charge in [-0.3, -0.25) is 4.99 Å². The van der Waals surface area contributed by atoms with E-state index in [2.05, 4.69) is 4.99 Å². The van der Waals surface area contributed by atoms with Gasteiger partial charge in [0.15, 0.2) is 0 Å². The van der Waals surface area contributed by atoms with Gasteiger partial charge in [0, 0.05) is 7.05 Å². The van der Waals surface area contributed by atoms with E-state index in [-0.39, 0.29) is 12.1 Å². The zero-order valence-electron chi connectivity index (χ0n) is 6.31. The molecule has 0 aromatic heterocycles. The third-order valence-electron chi connectivity index (χ3n) is 2.08. The summed E-state index contributed by atoms with van der Waals surface area (Å²) in [4.78, 5) is 6.14. The van der Waals surface area contributed by atoms with Gasteiger partial charge in [0.05, 0.1) is 12.4 Å². The largest absolute Gasteiger partial charge is 0.510 e. The third kappa shape index (κ3) is 0.843. The number of hydrogen-bond donors (Lipinski definition) is 1. The Labute approximate surface area is 65.4 Å². The number of fused-ring (bicyclic) bond motifs is 1. The van der Waals surface area contributed by atoms with E-state index in [0.717, 1.165) is 0 Å². The molecule has 0 aromatic carbocycles. The molecule has 0 fully saturated rings. The normalized spacial score (nSPS) is 33.9. The van der Waals surface area contributed by atoms with Crippen LogP contribution in [0.1, 0.15) is 0 Å². The molecule has 2 unspecified atom stereocenters. The van der Waals surface area contributed by atoms with Gasteiger partial charge in [0.25, 0.3) is 0 Å². The predicted octanol–water partition coefficient (Wildman–Crippen LogP) is 0.709. The molecule has 2 atom stereocenters. The van der Waals surface area contributed by atoms with Crippen molar-refractivity contribution in [2.75, 3.05) is 7.05 Å². The molecular weight excluding hydrogens is 140 g/mol. The molecule has 2 aliphatic rings. The smallest absolute Gasteiger partial charge is 0.132 e. The van der Waals surface area contributed by atoms with Crippen LogP contribution in [-0.2, 0) is 0 Å². The summed E-state index contributed by atoms with van der Waals surface area (Å²) in [7, 11) is 1.96. The molecule has 0 bridgehead atoms. The number of allylic oxidation sites excluding steroid dienone is 2. The van der Waals surface area contributed by atoms with Gasteiger partial charge in [-0.1, -0.05) is 12.2 Å². The first-order valence-electron chi connectivity index (χ1n) is 3.61. The molecule has 1 N–H and O–H groups in total. The Morgan fingerprint density at radius 2 is 2.45 bits per heavy atom. The number of rotatable bonds is 0. The monoisotopic (exact) mass is 150 g/mol. The Morgan fingerprint density at radius 3 is 3.18 bits per heavy atom. The van der Waals surface area contributed by atoms with Gasteiger partial charge in [0.1, 0.15) is 11.8 Å². The lowest BCUT2D eigenvalue weighted by Crippen LogP contribution is -2.33. The fourth-order valence-electron chi connectivity index (χ4n) is 1.42. The van der Waals surface area contributed by atoms with Gasteiger partial charge in [-0.05, 0) is 6.08 Å². The molecule has 58 valence electrons. The van der Waals surface area contributed by atoms with Crippen molar-refractivity contribution in [2.45, 2.75) is 12.1 Å². The molecular formula is C8H10N2O. The minimum absolute atomic E-state index is 0.0648. The zero-order chi connectivity index (χ0) is 7.84.